The number of amides is 3. The molecule has 2 aromatic rings. The monoisotopic (exact) mass is 425 g/mol. The molecule has 7 nitrogen and oxygen atoms in total. The van der Waals surface area contributed by atoms with Gasteiger partial charge in [-0.15, -0.1) is 0 Å². The summed E-state index contributed by atoms with van der Waals surface area (Å²) < 4.78 is 10.8. The third-order valence-corrected chi connectivity index (χ3v) is 5.55. The van der Waals surface area contributed by atoms with Gasteiger partial charge in [-0.2, -0.15) is 0 Å². The summed E-state index contributed by atoms with van der Waals surface area (Å²) in [5.74, 6) is 1.34. The predicted molar refractivity (Wildman–Crippen MR) is 120 cm³/mol. The number of hydrogen-bond acceptors (Lipinski definition) is 4. The molecule has 1 atom stereocenters. The van der Waals surface area contributed by atoms with Crippen LogP contribution in [0.4, 0.5) is 10.5 Å². The Balaban J connectivity index is 1.61. The minimum atomic E-state index is -0.645. The molecule has 1 aliphatic rings. The van der Waals surface area contributed by atoms with E-state index in [0.29, 0.717) is 37.7 Å². The summed E-state index contributed by atoms with van der Waals surface area (Å²) in [5, 5.41) is 5.95. The molecule has 3 amide bonds. The molecule has 1 fully saturated rings. The summed E-state index contributed by atoms with van der Waals surface area (Å²) in [6.45, 7) is 5.73. The summed E-state index contributed by atoms with van der Waals surface area (Å²) in [4.78, 5) is 27.6. The standard InChI is InChI=1S/C24H31N3O4/c1-4-31-21-12-6-5-11-20(21)26-23(29)27-14-8-13-24(2,17-27)22(28)25-16-18-9-7-10-19(15-18)30-3/h5-7,9-12,15H,4,8,13-14,16-17H2,1-3H3,(H,25,28)(H,26,29). The third-order valence-electron chi connectivity index (χ3n) is 5.55. The number of carbonyl (C=O) groups is 2. The number of ether oxygens (including phenoxy) is 2. The molecule has 0 bridgehead atoms. The topological polar surface area (TPSA) is 79.9 Å². The highest BCUT2D eigenvalue weighted by molar-refractivity contribution is 5.92. The number of rotatable bonds is 7. The van der Waals surface area contributed by atoms with Gasteiger partial charge in [-0.3, -0.25) is 4.79 Å². The van der Waals surface area contributed by atoms with Crippen molar-refractivity contribution in [1.82, 2.24) is 10.2 Å². The van der Waals surface area contributed by atoms with E-state index in [1.807, 2.05) is 62.4 Å². The number of anilines is 1. The molecule has 0 spiro atoms. The number of benzene rings is 2. The Morgan fingerprint density at radius 3 is 2.74 bits per heavy atom. The molecule has 0 radical (unpaired) electrons. The van der Waals surface area contributed by atoms with Gasteiger partial charge < -0.3 is 25.0 Å². The fourth-order valence-corrected chi connectivity index (χ4v) is 3.82. The van der Waals surface area contributed by atoms with Crippen molar-refractivity contribution in [2.75, 3.05) is 32.1 Å². The number of likely N-dealkylation sites (tertiary alicyclic amines) is 1. The lowest BCUT2D eigenvalue weighted by molar-refractivity contribution is -0.132. The predicted octanol–water partition coefficient (Wildman–Crippen LogP) is 4.04. The van der Waals surface area contributed by atoms with Crippen LogP contribution in [-0.4, -0.2) is 43.6 Å². The van der Waals surface area contributed by atoms with Crippen molar-refractivity contribution in [2.24, 2.45) is 5.41 Å². The Kier molecular flexibility index (Phi) is 7.39. The fraction of sp³-hybridized carbons (Fsp3) is 0.417. The van der Waals surface area contributed by atoms with Gasteiger partial charge in [0.2, 0.25) is 5.91 Å². The van der Waals surface area contributed by atoms with Gasteiger partial charge in [0.05, 0.1) is 24.8 Å². The molecule has 7 heteroatoms. The second-order valence-corrected chi connectivity index (χ2v) is 7.98. The van der Waals surface area contributed by atoms with Crippen LogP contribution in [0.1, 0.15) is 32.3 Å². The number of piperidine rings is 1. The van der Waals surface area contributed by atoms with Crippen LogP contribution in [0.2, 0.25) is 0 Å². The van der Waals surface area contributed by atoms with Crippen molar-refractivity contribution < 1.29 is 19.1 Å². The third kappa shape index (κ3) is 5.69. The van der Waals surface area contributed by atoms with Gasteiger partial charge in [0, 0.05) is 19.6 Å². The van der Waals surface area contributed by atoms with E-state index in [1.165, 1.54) is 0 Å². The molecule has 1 unspecified atom stereocenters. The lowest BCUT2D eigenvalue weighted by Crippen LogP contribution is -2.52. The smallest absolute Gasteiger partial charge is 0.321 e. The Hall–Kier alpha value is -3.22. The summed E-state index contributed by atoms with van der Waals surface area (Å²) >= 11 is 0. The van der Waals surface area contributed by atoms with Crippen molar-refractivity contribution in [1.29, 1.82) is 0 Å². The van der Waals surface area contributed by atoms with Crippen LogP contribution in [0.15, 0.2) is 48.5 Å². The van der Waals surface area contributed by atoms with E-state index >= 15 is 0 Å². The second-order valence-electron chi connectivity index (χ2n) is 7.98. The molecule has 31 heavy (non-hydrogen) atoms. The normalized spacial score (nSPS) is 18.2. The average Bonchev–Trinajstić information content (AvgIpc) is 2.79. The van der Waals surface area contributed by atoms with Gasteiger partial charge in [-0.1, -0.05) is 24.3 Å². The summed E-state index contributed by atoms with van der Waals surface area (Å²) in [6.07, 6.45) is 1.50. The van der Waals surface area contributed by atoms with Crippen molar-refractivity contribution in [3.8, 4) is 11.5 Å². The van der Waals surface area contributed by atoms with Crippen molar-refractivity contribution >= 4 is 17.6 Å². The highest BCUT2D eigenvalue weighted by Crippen LogP contribution is 2.31. The molecule has 166 valence electrons. The molecule has 1 aliphatic heterocycles. The second kappa shape index (κ2) is 10.2. The molecule has 0 aromatic heterocycles. The summed E-state index contributed by atoms with van der Waals surface area (Å²) in [6, 6.07) is 14.7. The van der Waals surface area contributed by atoms with Crippen LogP contribution >= 0.6 is 0 Å². The molecule has 1 heterocycles. The number of nitrogens with zero attached hydrogens (tertiary/aromatic N) is 1. The molecule has 2 N–H and O–H groups in total. The van der Waals surface area contributed by atoms with Gasteiger partial charge in [-0.25, -0.2) is 4.79 Å². The molecule has 0 saturated carbocycles. The Labute approximate surface area is 183 Å². The Morgan fingerprint density at radius 1 is 1.16 bits per heavy atom. The SMILES string of the molecule is CCOc1ccccc1NC(=O)N1CCCC(C)(C(=O)NCc2cccc(OC)c2)C1. The van der Waals surface area contributed by atoms with Crippen LogP contribution in [0.5, 0.6) is 11.5 Å². The average molecular weight is 426 g/mol. The maximum atomic E-state index is 13.0. The first-order valence-electron chi connectivity index (χ1n) is 10.6. The van der Waals surface area contributed by atoms with Crippen LogP contribution in [-0.2, 0) is 11.3 Å². The minimum Gasteiger partial charge on any atom is -0.497 e. The quantitative estimate of drug-likeness (QED) is 0.702. The first kappa shape index (κ1) is 22.5. The van der Waals surface area contributed by atoms with Crippen LogP contribution in [0, 0.1) is 5.41 Å². The summed E-state index contributed by atoms with van der Waals surface area (Å²) in [7, 11) is 1.62. The van der Waals surface area contributed by atoms with Crippen LogP contribution in [0.3, 0.4) is 0 Å². The molecule has 1 saturated heterocycles. The van der Waals surface area contributed by atoms with Gasteiger partial charge in [0.1, 0.15) is 11.5 Å². The van der Waals surface area contributed by atoms with E-state index in [1.54, 1.807) is 12.0 Å². The van der Waals surface area contributed by atoms with E-state index in [-0.39, 0.29) is 11.9 Å². The van der Waals surface area contributed by atoms with Crippen LogP contribution < -0.4 is 20.1 Å². The number of hydrogen-bond donors (Lipinski definition) is 2. The zero-order chi connectivity index (χ0) is 22.3. The first-order chi connectivity index (χ1) is 14.9. The lowest BCUT2D eigenvalue weighted by atomic mass is 9.81. The van der Waals surface area contributed by atoms with Crippen molar-refractivity contribution in [3.63, 3.8) is 0 Å². The van der Waals surface area contributed by atoms with E-state index in [9.17, 15) is 9.59 Å². The number of urea groups is 1. The zero-order valence-corrected chi connectivity index (χ0v) is 18.4. The number of carbonyl (C=O) groups excluding carboxylic acids is 2. The highest BCUT2D eigenvalue weighted by atomic mass is 16.5. The number of methoxy groups -OCH3 is 1. The molecule has 0 aliphatic carbocycles. The summed E-state index contributed by atoms with van der Waals surface area (Å²) in [5.41, 5.74) is 0.951. The minimum absolute atomic E-state index is 0.0532. The largest absolute Gasteiger partial charge is 0.497 e. The van der Waals surface area contributed by atoms with Gasteiger partial charge in [0.15, 0.2) is 0 Å². The Bertz CT molecular complexity index is 917. The Morgan fingerprint density at radius 2 is 1.97 bits per heavy atom. The fourth-order valence-electron chi connectivity index (χ4n) is 3.82. The van der Waals surface area contributed by atoms with Gasteiger partial charge >= 0.3 is 6.03 Å². The zero-order valence-electron chi connectivity index (χ0n) is 18.4. The van der Waals surface area contributed by atoms with Gasteiger partial charge in [0.25, 0.3) is 0 Å². The van der Waals surface area contributed by atoms with E-state index in [4.69, 9.17) is 9.47 Å². The van der Waals surface area contributed by atoms with Crippen molar-refractivity contribution in [3.05, 3.63) is 54.1 Å². The van der Waals surface area contributed by atoms with Crippen LogP contribution in [0.25, 0.3) is 0 Å². The first-order valence-corrected chi connectivity index (χ1v) is 10.6. The van der Waals surface area contributed by atoms with Gasteiger partial charge in [-0.05, 0) is 56.5 Å². The molecular formula is C24H31N3O4. The number of nitrogens with one attached hydrogen (secondary N) is 2. The van der Waals surface area contributed by atoms with E-state index in [0.717, 1.165) is 24.2 Å². The molecule has 3 rings (SSSR count). The van der Waals surface area contributed by atoms with E-state index in [2.05, 4.69) is 10.6 Å². The van der Waals surface area contributed by atoms with Crippen molar-refractivity contribution in [2.45, 2.75) is 33.2 Å². The van der Waals surface area contributed by atoms with E-state index < -0.39 is 5.41 Å². The number of para-hydroxylation sites is 2. The molecule has 2 aromatic carbocycles. The molecular weight excluding hydrogens is 394 g/mol. The maximum Gasteiger partial charge on any atom is 0.321 e. The lowest BCUT2D eigenvalue weighted by Gasteiger charge is -2.39. The maximum absolute atomic E-state index is 13.0. The highest BCUT2D eigenvalue weighted by Gasteiger charge is 2.39.